The van der Waals surface area contributed by atoms with Crippen LogP contribution >= 0.6 is 0 Å². The van der Waals surface area contributed by atoms with Crippen LogP contribution in [0.4, 0.5) is 18.9 Å². The maximum atomic E-state index is 13.0. The molecule has 0 amide bonds. The molecule has 1 aromatic carbocycles. The third-order valence-corrected chi connectivity index (χ3v) is 3.23. The third-order valence-electron chi connectivity index (χ3n) is 3.23. The Hall–Kier alpha value is -1.27. The van der Waals surface area contributed by atoms with Gasteiger partial charge in [-0.2, -0.15) is 13.2 Å². The van der Waals surface area contributed by atoms with E-state index in [2.05, 4.69) is 0 Å². The molecule has 0 aliphatic heterocycles. The van der Waals surface area contributed by atoms with Gasteiger partial charge in [-0.3, -0.25) is 0 Å². The van der Waals surface area contributed by atoms with Crippen LogP contribution in [0.1, 0.15) is 25.0 Å². The number of alkyl halides is 3. The van der Waals surface area contributed by atoms with Gasteiger partial charge in [-0.05, 0) is 31.5 Å². The quantitative estimate of drug-likeness (QED) is 0.875. The van der Waals surface area contributed by atoms with Crippen LogP contribution in [-0.4, -0.2) is 26.3 Å². The highest BCUT2D eigenvalue weighted by Gasteiger charge is 2.33. The molecule has 0 radical (unpaired) electrons. The van der Waals surface area contributed by atoms with Crippen molar-refractivity contribution in [1.29, 1.82) is 0 Å². The zero-order chi connectivity index (χ0) is 15.3. The van der Waals surface area contributed by atoms with Crippen molar-refractivity contribution in [2.24, 2.45) is 5.73 Å². The second kappa shape index (κ2) is 6.95. The van der Waals surface area contributed by atoms with Crippen LogP contribution in [0.25, 0.3) is 0 Å². The number of benzene rings is 1. The van der Waals surface area contributed by atoms with Gasteiger partial charge in [-0.1, -0.05) is 6.07 Å². The first-order chi connectivity index (χ1) is 9.35. The predicted octanol–water partition coefficient (Wildman–Crippen LogP) is 3.03. The summed E-state index contributed by atoms with van der Waals surface area (Å²) in [7, 11) is 1.57. The first-order valence-corrected chi connectivity index (χ1v) is 6.50. The van der Waals surface area contributed by atoms with Crippen molar-refractivity contribution in [3.05, 3.63) is 29.3 Å². The van der Waals surface area contributed by atoms with Crippen molar-refractivity contribution in [3.8, 4) is 0 Å². The normalized spacial score (nSPS) is 13.3. The van der Waals surface area contributed by atoms with Crippen molar-refractivity contribution in [2.45, 2.75) is 32.6 Å². The fraction of sp³-hybridized carbons (Fsp3) is 0.571. The summed E-state index contributed by atoms with van der Waals surface area (Å²) < 4.78 is 44.2. The average molecular weight is 290 g/mol. The number of likely N-dealkylation sites (N-methyl/N-ethyl adjacent to an activating group) is 1. The van der Waals surface area contributed by atoms with Crippen LogP contribution in [0.2, 0.25) is 0 Å². The Morgan fingerprint density at radius 2 is 2.00 bits per heavy atom. The van der Waals surface area contributed by atoms with E-state index in [0.717, 1.165) is 6.07 Å². The van der Waals surface area contributed by atoms with Gasteiger partial charge in [0.1, 0.15) is 0 Å². The molecule has 0 saturated carbocycles. The van der Waals surface area contributed by atoms with Crippen molar-refractivity contribution < 1.29 is 17.9 Å². The Bertz CT molecular complexity index is 435. The molecule has 6 heteroatoms. The van der Waals surface area contributed by atoms with Gasteiger partial charge in [0.05, 0.1) is 12.2 Å². The summed E-state index contributed by atoms with van der Waals surface area (Å²) >= 11 is 0. The van der Waals surface area contributed by atoms with E-state index in [-0.39, 0.29) is 18.2 Å². The fourth-order valence-corrected chi connectivity index (χ4v) is 2.26. The van der Waals surface area contributed by atoms with E-state index in [0.29, 0.717) is 18.8 Å². The van der Waals surface area contributed by atoms with E-state index in [1.165, 1.54) is 6.07 Å². The van der Waals surface area contributed by atoms with Crippen LogP contribution in [0.15, 0.2) is 18.2 Å². The number of halogens is 3. The molecule has 0 fully saturated rings. The second-order valence-corrected chi connectivity index (χ2v) is 4.63. The molecule has 1 unspecified atom stereocenters. The molecule has 114 valence electrons. The van der Waals surface area contributed by atoms with Crippen LogP contribution < -0.4 is 10.6 Å². The minimum absolute atomic E-state index is 0.00481. The average Bonchev–Trinajstić information content (AvgIpc) is 2.38. The summed E-state index contributed by atoms with van der Waals surface area (Å²) in [6.45, 7) is 4.74. The van der Waals surface area contributed by atoms with Gasteiger partial charge in [0.25, 0.3) is 0 Å². The second-order valence-electron chi connectivity index (χ2n) is 4.63. The summed E-state index contributed by atoms with van der Waals surface area (Å²) in [5.41, 5.74) is 5.35. The molecular formula is C14H21F3N2O. The van der Waals surface area contributed by atoms with Gasteiger partial charge in [-0.25, -0.2) is 0 Å². The first-order valence-electron chi connectivity index (χ1n) is 6.50. The minimum Gasteiger partial charge on any atom is -0.383 e. The van der Waals surface area contributed by atoms with Gasteiger partial charge >= 0.3 is 6.18 Å². The smallest absolute Gasteiger partial charge is 0.383 e. The van der Waals surface area contributed by atoms with E-state index >= 15 is 0 Å². The van der Waals surface area contributed by atoms with Crippen LogP contribution in [0.5, 0.6) is 0 Å². The monoisotopic (exact) mass is 290 g/mol. The highest BCUT2D eigenvalue weighted by atomic mass is 19.4. The molecule has 0 heterocycles. The molecule has 2 N–H and O–H groups in total. The molecule has 0 saturated heterocycles. The molecule has 3 nitrogen and oxygen atoms in total. The Labute approximate surface area is 117 Å². The molecule has 1 rings (SSSR count). The van der Waals surface area contributed by atoms with Gasteiger partial charge in [0.2, 0.25) is 0 Å². The van der Waals surface area contributed by atoms with E-state index in [9.17, 15) is 13.2 Å². The maximum absolute atomic E-state index is 13.0. The highest BCUT2D eigenvalue weighted by molar-refractivity contribution is 5.52. The van der Waals surface area contributed by atoms with Gasteiger partial charge < -0.3 is 15.4 Å². The van der Waals surface area contributed by atoms with Crippen molar-refractivity contribution in [1.82, 2.24) is 0 Å². The minimum atomic E-state index is -4.39. The molecular weight excluding hydrogens is 269 g/mol. The highest BCUT2D eigenvalue weighted by Crippen LogP contribution is 2.34. The lowest BCUT2D eigenvalue weighted by Crippen LogP contribution is -2.36. The Balaban J connectivity index is 3.18. The molecule has 1 aromatic rings. The number of hydrogen-bond donors (Lipinski definition) is 1. The van der Waals surface area contributed by atoms with Crippen molar-refractivity contribution >= 4 is 5.69 Å². The number of anilines is 1. The van der Waals surface area contributed by atoms with Crippen molar-refractivity contribution in [3.63, 3.8) is 0 Å². The number of rotatable bonds is 6. The van der Waals surface area contributed by atoms with Crippen LogP contribution in [0.3, 0.4) is 0 Å². The Kier molecular flexibility index (Phi) is 5.83. The Morgan fingerprint density at radius 1 is 1.35 bits per heavy atom. The molecule has 20 heavy (non-hydrogen) atoms. The third kappa shape index (κ3) is 3.86. The van der Waals surface area contributed by atoms with E-state index in [1.54, 1.807) is 13.2 Å². The lowest BCUT2D eigenvalue weighted by molar-refractivity contribution is -0.138. The summed E-state index contributed by atoms with van der Waals surface area (Å²) in [5, 5.41) is 0. The van der Waals surface area contributed by atoms with Crippen LogP contribution in [0, 0.1) is 0 Å². The predicted molar refractivity (Wildman–Crippen MR) is 73.7 cm³/mol. The van der Waals surface area contributed by atoms with E-state index in [4.69, 9.17) is 10.5 Å². The van der Waals surface area contributed by atoms with Gasteiger partial charge in [-0.15, -0.1) is 0 Å². The molecule has 1 atom stereocenters. The van der Waals surface area contributed by atoms with E-state index < -0.39 is 11.7 Å². The fourth-order valence-electron chi connectivity index (χ4n) is 2.26. The van der Waals surface area contributed by atoms with E-state index in [1.807, 2.05) is 18.7 Å². The maximum Gasteiger partial charge on any atom is 0.416 e. The number of hydrogen-bond acceptors (Lipinski definition) is 3. The zero-order valence-electron chi connectivity index (χ0n) is 12.0. The Morgan fingerprint density at radius 3 is 2.45 bits per heavy atom. The first kappa shape index (κ1) is 16.8. The van der Waals surface area contributed by atoms with Crippen LogP contribution in [-0.2, 0) is 17.5 Å². The standard InChI is InChI=1S/C14H21F3N2O/c1-4-19(10(2)9-20-3)12-6-5-11(8-18)13(7-12)14(15,16)17/h5-7,10H,4,8-9,18H2,1-3H3. The number of nitrogens with zero attached hydrogens (tertiary/aromatic N) is 1. The zero-order valence-corrected chi connectivity index (χ0v) is 12.0. The summed E-state index contributed by atoms with van der Waals surface area (Å²) in [6.07, 6.45) is -4.39. The van der Waals surface area contributed by atoms with Gasteiger partial charge in [0.15, 0.2) is 0 Å². The molecule has 0 bridgehead atoms. The summed E-state index contributed by atoms with van der Waals surface area (Å²) in [4.78, 5) is 1.87. The molecule has 0 spiro atoms. The number of methoxy groups -OCH3 is 1. The van der Waals surface area contributed by atoms with Gasteiger partial charge in [0, 0.05) is 31.9 Å². The lowest BCUT2D eigenvalue weighted by Gasteiger charge is -2.30. The topological polar surface area (TPSA) is 38.5 Å². The molecule has 0 aliphatic carbocycles. The lowest BCUT2D eigenvalue weighted by atomic mass is 10.0. The number of nitrogens with two attached hydrogens (primary N) is 1. The molecule has 0 aliphatic rings. The summed E-state index contributed by atoms with van der Waals surface area (Å²) in [5.74, 6) is 0. The SMILES string of the molecule is CCN(c1ccc(CN)c(C(F)(F)F)c1)C(C)COC. The van der Waals surface area contributed by atoms with Crippen molar-refractivity contribution in [2.75, 3.05) is 25.2 Å². The summed E-state index contributed by atoms with van der Waals surface area (Å²) in [6, 6.07) is 4.28. The number of ether oxygens (including phenoxy) is 1. The molecule has 0 aromatic heterocycles. The largest absolute Gasteiger partial charge is 0.416 e.